The Morgan fingerprint density at radius 3 is 1.80 bits per heavy atom. The Hall–Kier alpha value is -2.24. The molecule has 0 unspecified atom stereocenters. The topological polar surface area (TPSA) is 69.2 Å². The maximum absolute atomic E-state index is 11.9. The minimum Gasteiger partial charge on any atom is -0.493 e. The van der Waals surface area contributed by atoms with Gasteiger partial charge in [0.15, 0.2) is 11.5 Å². The fraction of sp³-hybridized carbons (Fsp3) is 0.667. The molecule has 1 rings (SSSR count). The van der Waals surface area contributed by atoms with Gasteiger partial charge in [-0.15, -0.1) is 0 Å². The molecule has 170 valence electrons. The molecule has 6 heteroatoms. The lowest BCUT2D eigenvalue weighted by atomic mass is 10.1. The minimum atomic E-state index is -0.0605. The zero-order chi connectivity index (χ0) is 22.0. The van der Waals surface area contributed by atoms with E-state index in [-0.39, 0.29) is 5.91 Å². The van der Waals surface area contributed by atoms with Crippen LogP contribution < -0.4 is 19.6 Å². The van der Waals surface area contributed by atoms with Crippen molar-refractivity contribution < 1.29 is 19.0 Å². The molecule has 6 nitrogen and oxygen atoms in total. The Labute approximate surface area is 182 Å². The quantitative estimate of drug-likeness (QED) is 0.195. The molecule has 1 aromatic carbocycles. The summed E-state index contributed by atoms with van der Waals surface area (Å²) in [6, 6.07) is 3.56. The molecule has 30 heavy (non-hydrogen) atoms. The number of hydrazone groups is 1. The van der Waals surface area contributed by atoms with Crippen LogP contribution in [-0.4, -0.2) is 33.5 Å². The van der Waals surface area contributed by atoms with Crippen LogP contribution in [0.3, 0.4) is 0 Å². The molecule has 0 fully saturated rings. The van der Waals surface area contributed by atoms with E-state index in [9.17, 15) is 4.79 Å². The van der Waals surface area contributed by atoms with Crippen molar-refractivity contribution in [2.45, 2.75) is 84.0 Å². The fourth-order valence-corrected chi connectivity index (χ4v) is 3.36. The molecule has 0 saturated heterocycles. The normalized spacial score (nSPS) is 10.9. The number of methoxy groups -OCH3 is 3. The second-order valence-corrected chi connectivity index (χ2v) is 7.54. The largest absolute Gasteiger partial charge is 0.493 e. The van der Waals surface area contributed by atoms with Gasteiger partial charge in [-0.25, -0.2) is 5.43 Å². The summed E-state index contributed by atoms with van der Waals surface area (Å²) in [4.78, 5) is 11.9. The Bertz CT molecular complexity index is 607. The number of hydrogen-bond donors (Lipinski definition) is 1. The van der Waals surface area contributed by atoms with Gasteiger partial charge in [-0.05, 0) is 18.6 Å². The maximum Gasteiger partial charge on any atom is 0.240 e. The molecule has 0 atom stereocenters. The lowest BCUT2D eigenvalue weighted by Gasteiger charge is -2.12. The van der Waals surface area contributed by atoms with Crippen LogP contribution in [0.25, 0.3) is 0 Å². The van der Waals surface area contributed by atoms with Gasteiger partial charge >= 0.3 is 0 Å². The third-order valence-electron chi connectivity index (χ3n) is 5.10. The monoisotopic (exact) mass is 420 g/mol. The van der Waals surface area contributed by atoms with Crippen LogP contribution in [0.15, 0.2) is 17.2 Å². The third kappa shape index (κ3) is 10.5. The summed E-state index contributed by atoms with van der Waals surface area (Å²) in [5.41, 5.74) is 3.34. The third-order valence-corrected chi connectivity index (χ3v) is 5.10. The molecule has 1 amide bonds. The van der Waals surface area contributed by atoms with E-state index >= 15 is 0 Å². The summed E-state index contributed by atoms with van der Waals surface area (Å²) in [5, 5.41) is 4.04. The summed E-state index contributed by atoms with van der Waals surface area (Å²) in [7, 11) is 4.68. The van der Waals surface area contributed by atoms with Gasteiger partial charge < -0.3 is 14.2 Å². The van der Waals surface area contributed by atoms with E-state index in [1.165, 1.54) is 57.8 Å². The highest BCUT2D eigenvalue weighted by Crippen LogP contribution is 2.37. The number of carbonyl (C=O) groups is 1. The van der Waals surface area contributed by atoms with Crippen LogP contribution in [0.2, 0.25) is 0 Å². The molecule has 0 aliphatic heterocycles. The number of benzene rings is 1. The van der Waals surface area contributed by atoms with Crippen molar-refractivity contribution in [3.63, 3.8) is 0 Å². The SMILES string of the molecule is CCCCCCCCCCCCCC(=O)N/N=C/c1cc(OC)c(OC)c(OC)c1. The van der Waals surface area contributed by atoms with Gasteiger partial charge in [0.1, 0.15) is 0 Å². The first-order chi connectivity index (χ1) is 14.7. The minimum absolute atomic E-state index is 0.0605. The number of ether oxygens (including phenoxy) is 3. The van der Waals surface area contributed by atoms with E-state index in [1.807, 2.05) is 0 Å². The van der Waals surface area contributed by atoms with Gasteiger partial charge in [-0.1, -0.05) is 71.1 Å². The van der Waals surface area contributed by atoms with Crippen molar-refractivity contribution in [2.24, 2.45) is 5.10 Å². The van der Waals surface area contributed by atoms with E-state index in [2.05, 4.69) is 17.5 Å². The smallest absolute Gasteiger partial charge is 0.240 e. The fourth-order valence-electron chi connectivity index (χ4n) is 3.36. The van der Waals surface area contributed by atoms with Crippen LogP contribution in [0.1, 0.15) is 89.5 Å². The number of rotatable bonds is 17. The summed E-state index contributed by atoms with van der Waals surface area (Å²) in [6.45, 7) is 2.25. The molecule has 1 N–H and O–H groups in total. The van der Waals surface area contributed by atoms with Crippen molar-refractivity contribution >= 4 is 12.1 Å². The van der Waals surface area contributed by atoms with Crippen LogP contribution in [-0.2, 0) is 4.79 Å². The molecule has 0 aliphatic rings. The van der Waals surface area contributed by atoms with Crippen LogP contribution in [0.4, 0.5) is 0 Å². The van der Waals surface area contributed by atoms with Crippen molar-refractivity contribution in [3.8, 4) is 17.2 Å². The van der Waals surface area contributed by atoms with Gasteiger partial charge in [0.05, 0.1) is 27.5 Å². The Morgan fingerprint density at radius 2 is 1.33 bits per heavy atom. The van der Waals surface area contributed by atoms with E-state index in [0.717, 1.165) is 18.4 Å². The average molecular weight is 421 g/mol. The molecule has 0 saturated carbocycles. The van der Waals surface area contributed by atoms with Gasteiger partial charge in [0, 0.05) is 12.0 Å². The predicted octanol–water partition coefficient (Wildman–Crippen LogP) is 5.86. The number of carbonyl (C=O) groups excluding carboxylic acids is 1. The van der Waals surface area contributed by atoms with E-state index in [0.29, 0.717) is 23.7 Å². The standard InChI is InChI=1S/C24H40N2O4/c1-5-6-7-8-9-10-11-12-13-14-15-16-23(27)26-25-19-20-17-21(28-2)24(30-4)22(18-20)29-3/h17-19H,5-16H2,1-4H3,(H,26,27)/b25-19+. The van der Waals surface area contributed by atoms with Gasteiger partial charge in [0.2, 0.25) is 11.7 Å². The first kappa shape index (κ1) is 25.8. The van der Waals surface area contributed by atoms with E-state index < -0.39 is 0 Å². The Balaban J connectivity index is 2.20. The van der Waals surface area contributed by atoms with E-state index in [4.69, 9.17) is 14.2 Å². The molecule has 0 spiro atoms. The highest BCUT2D eigenvalue weighted by Gasteiger charge is 2.12. The summed E-state index contributed by atoms with van der Waals surface area (Å²) >= 11 is 0. The molecular formula is C24H40N2O4. The highest BCUT2D eigenvalue weighted by atomic mass is 16.5. The average Bonchev–Trinajstić information content (AvgIpc) is 2.76. The highest BCUT2D eigenvalue weighted by molar-refractivity contribution is 5.84. The molecule has 0 aromatic heterocycles. The maximum atomic E-state index is 11.9. The Morgan fingerprint density at radius 1 is 0.833 bits per heavy atom. The van der Waals surface area contributed by atoms with Gasteiger partial charge in [-0.2, -0.15) is 5.10 Å². The van der Waals surface area contributed by atoms with Gasteiger partial charge in [-0.3, -0.25) is 4.79 Å². The lowest BCUT2D eigenvalue weighted by Crippen LogP contribution is -2.16. The number of amides is 1. The van der Waals surface area contributed by atoms with Crippen LogP contribution in [0, 0.1) is 0 Å². The summed E-state index contributed by atoms with van der Waals surface area (Å²) < 4.78 is 15.9. The van der Waals surface area contributed by atoms with E-state index in [1.54, 1.807) is 39.7 Å². The van der Waals surface area contributed by atoms with Crippen molar-refractivity contribution in [1.82, 2.24) is 5.43 Å². The summed E-state index contributed by atoms with van der Waals surface area (Å²) in [5.74, 6) is 1.56. The number of nitrogens with zero attached hydrogens (tertiary/aromatic N) is 1. The van der Waals surface area contributed by atoms with Crippen molar-refractivity contribution in [3.05, 3.63) is 17.7 Å². The predicted molar refractivity (Wildman–Crippen MR) is 123 cm³/mol. The molecule has 0 radical (unpaired) electrons. The number of nitrogens with one attached hydrogen (secondary N) is 1. The summed E-state index contributed by atoms with van der Waals surface area (Å²) in [6.07, 6.45) is 16.0. The molecule has 0 heterocycles. The zero-order valence-corrected chi connectivity index (χ0v) is 19.3. The van der Waals surface area contributed by atoms with Crippen LogP contribution in [0.5, 0.6) is 17.2 Å². The first-order valence-electron chi connectivity index (χ1n) is 11.3. The number of unbranched alkanes of at least 4 members (excludes halogenated alkanes) is 10. The first-order valence-corrected chi connectivity index (χ1v) is 11.3. The second-order valence-electron chi connectivity index (χ2n) is 7.54. The molecule has 0 bridgehead atoms. The molecule has 0 aliphatic carbocycles. The number of hydrogen-bond acceptors (Lipinski definition) is 5. The molecular weight excluding hydrogens is 380 g/mol. The van der Waals surface area contributed by atoms with Crippen molar-refractivity contribution in [2.75, 3.05) is 21.3 Å². The van der Waals surface area contributed by atoms with Crippen molar-refractivity contribution in [1.29, 1.82) is 0 Å². The zero-order valence-electron chi connectivity index (χ0n) is 19.3. The lowest BCUT2D eigenvalue weighted by molar-refractivity contribution is -0.121. The van der Waals surface area contributed by atoms with Gasteiger partial charge in [0.25, 0.3) is 0 Å². The van der Waals surface area contributed by atoms with Crippen LogP contribution >= 0.6 is 0 Å². The second kappa shape index (κ2) is 16.5. The Kier molecular flexibility index (Phi) is 14.2. The molecule has 1 aromatic rings.